The standard InChI is InChI=1S/C5H10S.Ca.H3NO3S.2H/c1-2-4-6-5-3-1;;1-5(2,3)4;;/h1-5H2;;(H3,1,2,3,4);;/q;+2;;2*-1. The summed E-state index contributed by atoms with van der Waals surface area (Å²) >= 11 is 2.09. The first-order valence-corrected chi connectivity index (χ1v) is 5.99. The van der Waals surface area contributed by atoms with E-state index < -0.39 is 10.3 Å². The van der Waals surface area contributed by atoms with Gasteiger partial charge in [0.15, 0.2) is 0 Å². The van der Waals surface area contributed by atoms with Crippen molar-refractivity contribution in [2.45, 2.75) is 19.3 Å². The van der Waals surface area contributed by atoms with Gasteiger partial charge in [0.05, 0.1) is 0 Å². The first-order chi connectivity index (χ1) is 5.00. The number of hydrogen-bond donors (Lipinski definition) is 2. The molecule has 0 aromatic heterocycles. The van der Waals surface area contributed by atoms with Crippen molar-refractivity contribution in [1.82, 2.24) is 0 Å². The average Bonchev–Trinajstić information content (AvgIpc) is 1.88. The van der Waals surface area contributed by atoms with Crippen LogP contribution in [0.15, 0.2) is 0 Å². The molecule has 0 aliphatic carbocycles. The molecule has 72 valence electrons. The molecule has 1 saturated heterocycles. The number of hydrogen-bond acceptors (Lipinski definition) is 3. The Morgan fingerprint density at radius 3 is 1.67 bits per heavy atom. The van der Waals surface area contributed by atoms with Crippen molar-refractivity contribution in [2.24, 2.45) is 5.14 Å². The van der Waals surface area contributed by atoms with Crippen molar-refractivity contribution < 1.29 is 15.8 Å². The molecule has 1 heterocycles. The Hall–Kier alpha value is 1.48. The predicted octanol–water partition coefficient (Wildman–Crippen LogP) is 0.496. The molecule has 7 heteroatoms. The summed E-state index contributed by atoms with van der Waals surface area (Å²) in [5, 5.41) is 3.88. The SMILES string of the molecule is C1CCSCC1.NS(=O)(=O)O.[Ca+2].[H-].[H-]. The second-order valence-electron chi connectivity index (χ2n) is 2.19. The normalized spacial score (nSPS) is 16.8. The molecule has 1 rings (SSSR count). The smallest absolute Gasteiger partial charge is 1.00 e. The van der Waals surface area contributed by atoms with Gasteiger partial charge in [-0.15, -0.1) is 0 Å². The molecule has 0 unspecified atom stereocenters. The van der Waals surface area contributed by atoms with Crippen molar-refractivity contribution in [3.05, 3.63) is 0 Å². The van der Waals surface area contributed by atoms with Crippen LogP contribution in [0.4, 0.5) is 0 Å². The molecule has 0 bridgehead atoms. The number of nitrogens with two attached hydrogens (primary N) is 1. The number of thioether (sulfide) groups is 1. The van der Waals surface area contributed by atoms with E-state index in [1.54, 1.807) is 0 Å². The minimum absolute atomic E-state index is 0. The van der Waals surface area contributed by atoms with Crippen LogP contribution in [0.5, 0.6) is 0 Å². The van der Waals surface area contributed by atoms with Crippen LogP contribution in [-0.4, -0.2) is 62.2 Å². The Labute approximate surface area is 111 Å². The molecule has 1 aliphatic rings. The average molecular weight is 241 g/mol. The third kappa shape index (κ3) is 22.5. The summed E-state index contributed by atoms with van der Waals surface area (Å²) in [5.41, 5.74) is 0. The van der Waals surface area contributed by atoms with E-state index in [1.807, 2.05) is 0 Å². The minimum Gasteiger partial charge on any atom is -1.00 e. The molecule has 0 amide bonds. The van der Waals surface area contributed by atoms with Gasteiger partial charge < -0.3 is 2.85 Å². The van der Waals surface area contributed by atoms with Gasteiger partial charge in [0, 0.05) is 0 Å². The van der Waals surface area contributed by atoms with Crippen molar-refractivity contribution in [3.63, 3.8) is 0 Å². The summed E-state index contributed by atoms with van der Waals surface area (Å²) in [6.07, 6.45) is 4.41. The molecule has 0 radical (unpaired) electrons. The van der Waals surface area contributed by atoms with Crippen molar-refractivity contribution in [2.75, 3.05) is 11.5 Å². The fourth-order valence-electron chi connectivity index (χ4n) is 0.687. The van der Waals surface area contributed by atoms with Crippen LogP contribution in [0, 0.1) is 0 Å². The van der Waals surface area contributed by atoms with Gasteiger partial charge in [-0.3, -0.25) is 4.55 Å². The minimum atomic E-state index is -4.17. The van der Waals surface area contributed by atoms with Gasteiger partial charge in [-0.05, 0) is 24.3 Å². The molecule has 0 spiro atoms. The molecule has 0 saturated carbocycles. The van der Waals surface area contributed by atoms with E-state index in [2.05, 4.69) is 16.9 Å². The Morgan fingerprint density at radius 1 is 1.25 bits per heavy atom. The third-order valence-corrected chi connectivity index (χ3v) is 2.23. The zero-order valence-electron chi connectivity index (χ0n) is 8.90. The largest absolute Gasteiger partial charge is 2.00 e. The van der Waals surface area contributed by atoms with E-state index >= 15 is 0 Å². The van der Waals surface area contributed by atoms with E-state index in [-0.39, 0.29) is 40.6 Å². The fourth-order valence-corrected chi connectivity index (χ4v) is 1.71. The van der Waals surface area contributed by atoms with E-state index in [0.29, 0.717) is 0 Å². The molecule has 0 aromatic carbocycles. The summed E-state index contributed by atoms with van der Waals surface area (Å²) in [6, 6.07) is 0. The van der Waals surface area contributed by atoms with Gasteiger partial charge in [0.1, 0.15) is 0 Å². The Morgan fingerprint density at radius 2 is 1.58 bits per heavy atom. The summed E-state index contributed by atoms with van der Waals surface area (Å²) < 4.78 is 25.2. The molecule has 1 fully saturated rings. The zero-order chi connectivity index (χ0) is 8.74. The maximum absolute atomic E-state index is 8.97. The first-order valence-electron chi connectivity index (χ1n) is 3.33. The van der Waals surface area contributed by atoms with Crippen LogP contribution in [0.2, 0.25) is 0 Å². The van der Waals surface area contributed by atoms with Crippen LogP contribution >= 0.6 is 11.8 Å². The molecular weight excluding hydrogens is 226 g/mol. The summed E-state index contributed by atoms with van der Waals surface area (Å²) in [7, 11) is -4.17. The Kier molecular flexibility index (Phi) is 12.0. The summed E-state index contributed by atoms with van der Waals surface area (Å²) in [6.45, 7) is 0. The maximum atomic E-state index is 8.97. The summed E-state index contributed by atoms with van der Waals surface area (Å²) in [5.74, 6) is 2.83. The summed E-state index contributed by atoms with van der Waals surface area (Å²) in [4.78, 5) is 0. The molecule has 4 nitrogen and oxygen atoms in total. The van der Waals surface area contributed by atoms with Crippen LogP contribution in [-0.2, 0) is 10.3 Å². The zero-order valence-corrected chi connectivity index (χ0v) is 10.7. The van der Waals surface area contributed by atoms with Crippen LogP contribution in [0.1, 0.15) is 22.1 Å². The second-order valence-corrected chi connectivity index (χ2v) is 4.44. The van der Waals surface area contributed by atoms with Gasteiger partial charge >= 0.3 is 48.0 Å². The monoisotopic (exact) mass is 241 g/mol. The van der Waals surface area contributed by atoms with Gasteiger partial charge in [0.2, 0.25) is 0 Å². The third-order valence-electron chi connectivity index (χ3n) is 1.08. The second kappa shape index (κ2) is 9.05. The van der Waals surface area contributed by atoms with Gasteiger partial charge in [-0.1, -0.05) is 6.42 Å². The topological polar surface area (TPSA) is 80.4 Å². The van der Waals surface area contributed by atoms with Gasteiger partial charge in [0.25, 0.3) is 0 Å². The molecule has 0 aromatic rings. The predicted molar refractivity (Wildman–Crippen MR) is 54.9 cm³/mol. The Bertz CT molecular complexity index is 168. The van der Waals surface area contributed by atoms with Gasteiger partial charge in [-0.25, -0.2) is 5.14 Å². The maximum Gasteiger partial charge on any atom is 2.00 e. The van der Waals surface area contributed by atoms with Crippen molar-refractivity contribution >= 4 is 59.8 Å². The molecule has 12 heavy (non-hydrogen) atoms. The van der Waals surface area contributed by atoms with Crippen molar-refractivity contribution in [3.8, 4) is 0 Å². The quantitative estimate of drug-likeness (QED) is 0.478. The number of rotatable bonds is 0. The van der Waals surface area contributed by atoms with Crippen LogP contribution in [0.25, 0.3) is 0 Å². The molecule has 1 aliphatic heterocycles. The van der Waals surface area contributed by atoms with E-state index in [9.17, 15) is 0 Å². The van der Waals surface area contributed by atoms with E-state index in [1.165, 1.54) is 30.8 Å². The fraction of sp³-hybridized carbons (Fsp3) is 1.00. The first kappa shape index (κ1) is 15.9. The van der Waals surface area contributed by atoms with E-state index in [0.717, 1.165) is 0 Å². The van der Waals surface area contributed by atoms with Gasteiger partial charge in [-0.2, -0.15) is 20.2 Å². The van der Waals surface area contributed by atoms with E-state index in [4.69, 9.17) is 13.0 Å². The molecular formula is C5H15CaNO3S2. The molecule has 0 atom stereocenters. The molecule has 3 N–H and O–H groups in total. The Balaban J connectivity index is -0.0000000597. The van der Waals surface area contributed by atoms with Crippen LogP contribution in [0.3, 0.4) is 0 Å². The van der Waals surface area contributed by atoms with Crippen molar-refractivity contribution in [1.29, 1.82) is 0 Å². The van der Waals surface area contributed by atoms with Crippen LogP contribution < -0.4 is 5.14 Å².